The second kappa shape index (κ2) is 9.82. The number of hydrogen-bond acceptors (Lipinski definition) is 3. The van der Waals surface area contributed by atoms with Crippen molar-refractivity contribution in [3.05, 3.63) is 35.9 Å². The third-order valence-corrected chi connectivity index (χ3v) is 4.14. The second-order valence-electron chi connectivity index (χ2n) is 5.91. The van der Waals surface area contributed by atoms with E-state index in [1.165, 1.54) is 5.56 Å². The molecule has 1 rings (SSSR count). The first-order valence-corrected chi connectivity index (χ1v) is 7.53. The Bertz CT molecular complexity index is 434. The Morgan fingerprint density at radius 2 is 1.91 bits per heavy atom. The molecular weight excluding hydrogens is 300 g/mol. The predicted molar refractivity (Wildman–Crippen MR) is 93.4 cm³/mol. The first kappa shape index (κ1) is 20.9. The van der Waals surface area contributed by atoms with E-state index in [9.17, 15) is 4.79 Å². The number of halogens is 1. The van der Waals surface area contributed by atoms with Gasteiger partial charge in [0.05, 0.1) is 12.5 Å². The number of hydrogen-bond donors (Lipinski definition) is 2. The number of amides is 1. The molecule has 0 fully saturated rings. The van der Waals surface area contributed by atoms with Gasteiger partial charge in [-0.3, -0.25) is 4.79 Å². The first-order chi connectivity index (χ1) is 9.95. The zero-order valence-electron chi connectivity index (χ0n) is 14.0. The van der Waals surface area contributed by atoms with Crippen LogP contribution in [0.4, 0.5) is 0 Å². The van der Waals surface area contributed by atoms with Gasteiger partial charge in [0.2, 0.25) is 5.91 Å². The van der Waals surface area contributed by atoms with Crippen molar-refractivity contribution in [1.82, 2.24) is 5.32 Å². The van der Waals surface area contributed by atoms with E-state index in [-0.39, 0.29) is 35.9 Å². The Morgan fingerprint density at radius 1 is 1.32 bits per heavy atom. The summed E-state index contributed by atoms with van der Waals surface area (Å²) in [6, 6.07) is 10.3. The van der Waals surface area contributed by atoms with Crippen LogP contribution in [0.2, 0.25) is 0 Å². The lowest BCUT2D eigenvalue weighted by atomic mass is 9.76. The Morgan fingerprint density at radius 3 is 2.36 bits per heavy atom. The van der Waals surface area contributed by atoms with Gasteiger partial charge in [-0.15, -0.1) is 12.4 Å². The van der Waals surface area contributed by atoms with E-state index in [0.29, 0.717) is 13.0 Å². The van der Waals surface area contributed by atoms with Crippen molar-refractivity contribution in [2.24, 2.45) is 5.73 Å². The summed E-state index contributed by atoms with van der Waals surface area (Å²) in [7, 11) is 1.58. The maximum atomic E-state index is 12.2. The number of ether oxygens (including phenoxy) is 1. The van der Waals surface area contributed by atoms with Crippen molar-refractivity contribution in [2.45, 2.75) is 51.2 Å². The van der Waals surface area contributed by atoms with Gasteiger partial charge in [-0.2, -0.15) is 0 Å². The van der Waals surface area contributed by atoms with Gasteiger partial charge in [-0.25, -0.2) is 0 Å². The van der Waals surface area contributed by atoms with Crippen LogP contribution in [-0.2, 0) is 14.9 Å². The lowest BCUT2D eigenvalue weighted by molar-refractivity contribution is -0.124. The van der Waals surface area contributed by atoms with Gasteiger partial charge in [0.15, 0.2) is 0 Å². The molecule has 0 bridgehead atoms. The molecule has 2 unspecified atom stereocenters. The van der Waals surface area contributed by atoms with Crippen LogP contribution >= 0.6 is 12.4 Å². The van der Waals surface area contributed by atoms with E-state index in [2.05, 4.69) is 38.2 Å². The molecule has 0 radical (unpaired) electrons. The summed E-state index contributed by atoms with van der Waals surface area (Å²) < 4.78 is 5.17. The van der Waals surface area contributed by atoms with Crippen molar-refractivity contribution in [3.8, 4) is 0 Å². The molecule has 22 heavy (non-hydrogen) atoms. The average Bonchev–Trinajstić information content (AvgIpc) is 2.50. The highest BCUT2D eigenvalue weighted by Gasteiger charge is 2.31. The van der Waals surface area contributed by atoms with Crippen LogP contribution in [0.15, 0.2) is 30.3 Å². The summed E-state index contributed by atoms with van der Waals surface area (Å²) in [4.78, 5) is 12.2. The molecule has 1 amide bonds. The highest BCUT2D eigenvalue weighted by Crippen LogP contribution is 2.28. The quantitative estimate of drug-likeness (QED) is 0.771. The minimum Gasteiger partial charge on any atom is -0.380 e. The van der Waals surface area contributed by atoms with Gasteiger partial charge in [0.1, 0.15) is 0 Å². The lowest BCUT2D eigenvalue weighted by Crippen LogP contribution is -2.48. The maximum absolute atomic E-state index is 12.2. The van der Waals surface area contributed by atoms with Gasteiger partial charge in [0.25, 0.3) is 0 Å². The summed E-state index contributed by atoms with van der Waals surface area (Å²) >= 11 is 0. The van der Waals surface area contributed by atoms with Crippen molar-refractivity contribution >= 4 is 18.3 Å². The number of methoxy groups -OCH3 is 1. The summed E-state index contributed by atoms with van der Waals surface area (Å²) in [6.07, 6.45) is 0.949. The minimum absolute atomic E-state index is 0. The molecule has 5 heteroatoms. The molecule has 3 N–H and O–H groups in total. The molecule has 0 heterocycles. The molecule has 1 aromatic carbocycles. The number of benzene rings is 1. The summed E-state index contributed by atoms with van der Waals surface area (Å²) in [6.45, 7) is 6.76. The fraction of sp³-hybridized carbons (Fsp3) is 0.588. The number of nitrogens with two attached hydrogens (primary N) is 1. The first-order valence-electron chi connectivity index (χ1n) is 7.53. The van der Waals surface area contributed by atoms with Gasteiger partial charge in [-0.1, -0.05) is 51.1 Å². The molecule has 0 aliphatic heterocycles. The molecule has 126 valence electrons. The zero-order chi connectivity index (χ0) is 15.9. The molecular formula is C17H29ClN2O2. The van der Waals surface area contributed by atoms with Crippen LogP contribution in [0.5, 0.6) is 0 Å². The van der Waals surface area contributed by atoms with E-state index in [1.807, 2.05) is 18.2 Å². The van der Waals surface area contributed by atoms with Crippen molar-refractivity contribution in [2.75, 3.05) is 13.7 Å². The summed E-state index contributed by atoms with van der Waals surface area (Å²) in [5, 5.41) is 3.13. The van der Waals surface area contributed by atoms with E-state index in [4.69, 9.17) is 10.5 Å². The standard InChI is InChI=1S/C17H28N2O2.ClH/c1-5-15(19-16(20)11-14(12-18)21-4)17(2,3)13-9-7-6-8-10-13;/h6-10,14-15H,5,11-12,18H2,1-4H3,(H,19,20);1H. The minimum atomic E-state index is -0.220. The van der Waals surface area contributed by atoms with Crippen LogP contribution < -0.4 is 11.1 Å². The topological polar surface area (TPSA) is 64.4 Å². The Hall–Kier alpha value is -1.10. The van der Waals surface area contributed by atoms with Crippen molar-refractivity contribution in [1.29, 1.82) is 0 Å². The van der Waals surface area contributed by atoms with Gasteiger partial charge in [-0.05, 0) is 12.0 Å². The van der Waals surface area contributed by atoms with Gasteiger partial charge < -0.3 is 15.8 Å². The molecule has 0 saturated carbocycles. The number of nitrogens with one attached hydrogen (secondary N) is 1. The molecule has 2 atom stereocenters. The summed E-state index contributed by atoms with van der Waals surface area (Å²) in [5.74, 6) is -0.0110. The van der Waals surface area contributed by atoms with E-state index >= 15 is 0 Å². The fourth-order valence-corrected chi connectivity index (χ4v) is 2.58. The van der Waals surface area contributed by atoms with Crippen LogP contribution in [0.3, 0.4) is 0 Å². The van der Waals surface area contributed by atoms with E-state index in [1.54, 1.807) is 7.11 Å². The number of carbonyl (C=O) groups excluding carboxylic acids is 1. The normalized spacial score (nSPS) is 13.9. The maximum Gasteiger partial charge on any atom is 0.222 e. The number of rotatable bonds is 8. The van der Waals surface area contributed by atoms with Crippen LogP contribution in [0.1, 0.15) is 39.2 Å². The average molecular weight is 329 g/mol. The molecule has 1 aromatic rings. The van der Waals surface area contributed by atoms with Crippen LogP contribution in [0.25, 0.3) is 0 Å². The molecule has 0 aliphatic rings. The van der Waals surface area contributed by atoms with Gasteiger partial charge >= 0.3 is 0 Å². The molecule has 0 aliphatic carbocycles. The smallest absolute Gasteiger partial charge is 0.222 e. The SMILES string of the molecule is CCC(NC(=O)CC(CN)OC)C(C)(C)c1ccccc1.Cl. The molecule has 0 aromatic heterocycles. The van der Waals surface area contributed by atoms with Gasteiger partial charge in [0, 0.05) is 25.1 Å². The highest BCUT2D eigenvalue weighted by atomic mass is 35.5. The van der Waals surface area contributed by atoms with Crippen molar-refractivity contribution < 1.29 is 9.53 Å². The third-order valence-electron chi connectivity index (χ3n) is 4.14. The van der Waals surface area contributed by atoms with Crippen LogP contribution in [-0.4, -0.2) is 31.7 Å². The molecule has 4 nitrogen and oxygen atoms in total. The van der Waals surface area contributed by atoms with E-state index < -0.39 is 0 Å². The largest absolute Gasteiger partial charge is 0.380 e. The monoisotopic (exact) mass is 328 g/mol. The van der Waals surface area contributed by atoms with E-state index in [0.717, 1.165) is 6.42 Å². The fourth-order valence-electron chi connectivity index (χ4n) is 2.58. The predicted octanol–water partition coefficient (Wildman–Crippen LogP) is 2.64. The highest BCUT2D eigenvalue weighted by molar-refractivity contribution is 5.85. The van der Waals surface area contributed by atoms with Crippen molar-refractivity contribution in [3.63, 3.8) is 0 Å². The molecule has 0 saturated heterocycles. The van der Waals surface area contributed by atoms with Crippen LogP contribution in [0, 0.1) is 0 Å². The zero-order valence-corrected chi connectivity index (χ0v) is 14.8. The molecule has 0 spiro atoms. The Balaban J connectivity index is 0.00000441. The summed E-state index contributed by atoms with van der Waals surface area (Å²) in [5.41, 5.74) is 6.66. The second-order valence-corrected chi connectivity index (χ2v) is 5.91. The lowest BCUT2D eigenvalue weighted by Gasteiger charge is -2.35. The Labute approximate surface area is 140 Å². The Kier molecular flexibility index (Phi) is 9.33. The number of carbonyl (C=O) groups is 1. The third kappa shape index (κ3) is 5.59.